The third kappa shape index (κ3) is 4.88. The van der Waals surface area contributed by atoms with Crippen molar-refractivity contribution in [3.63, 3.8) is 0 Å². The Hall–Kier alpha value is -1.72. The third-order valence-corrected chi connectivity index (χ3v) is 4.45. The predicted molar refractivity (Wildman–Crippen MR) is 88.3 cm³/mol. The second-order valence-corrected chi connectivity index (χ2v) is 6.33. The summed E-state index contributed by atoms with van der Waals surface area (Å²) in [6.45, 7) is 5.85. The van der Waals surface area contributed by atoms with Crippen LogP contribution in [0.2, 0.25) is 0 Å². The molecule has 1 aliphatic heterocycles. The van der Waals surface area contributed by atoms with Gasteiger partial charge in [-0.3, -0.25) is 9.69 Å². The fourth-order valence-corrected chi connectivity index (χ4v) is 3.21. The average molecular weight is 320 g/mol. The highest BCUT2D eigenvalue weighted by Crippen LogP contribution is 2.33. The van der Waals surface area contributed by atoms with Crippen LogP contribution >= 0.6 is 0 Å². The van der Waals surface area contributed by atoms with Crippen LogP contribution < -0.4 is 5.32 Å². The Morgan fingerprint density at radius 2 is 2.26 bits per heavy atom. The molecule has 1 aliphatic rings. The first-order valence-corrected chi connectivity index (χ1v) is 8.03. The van der Waals surface area contributed by atoms with Crippen molar-refractivity contribution in [2.75, 3.05) is 26.2 Å². The maximum absolute atomic E-state index is 13.5. The molecule has 0 aromatic heterocycles. The van der Waals surface area contributed by atoms with Gasteiger partial charge in [-0.2, -0.15) is 0 Å². The molecule has 1 amide bonds. The van der Waals surface area contributed by atoms with Gasteiger partial charge in [-0.15, -0.1) is 6.58 Å². The van der Waals surface area contributed by atoms with Crippen molar-refractivity contribution in [2.24, 2.45) is 5.41 Å². The summed E-state index contributed by atoms with van der Waals surface area (Å²) in [6, 6.07) is 6.43. The topological polar surface area (TPSA) is 52.6 Å². The van der Waals surface area contributed by atoms with Gasteiger partial charge in [0.15, 0.2) is 0 Å². The zero-order chi connectivity index (χ0) is 16.7. The van der Waals surface area contributed by atoms with Gasteiger partial charge in [-0.05, 0) is 31.9 Å². The van der Waals surface area contributed by atoms with Gasteiger partial charge in [0.25, 0.3) is 0 Å². The smallest absolute Gasteiger partial charge is 0.234 e. The van der Waals surface area contributed by atoms with E-state index in [1.54, 1.807) is 18.2 Å². The molecule has 0 saturated carbocycles. The van der Waals surface area contributed by atoms with E-state index >= 15 is 0 Å². The molecule has 2 N–H and O–H groups in total. The minimum absolute atomic E-state index is 0.104. The van der Waals surface area contributed by atoms with Crippen LogP contribution in [0.3, 0.4) is 0 Å². The number of benzene rings is 1. The quantitative estimate of drug-likeness (QED) is 0.757. The number of carbonyl (C=O) groups excluding carboxylic acids is 1. The number of aliphatic hydroxyl groups is 1. The van der Waals surface area contributed by atoms with Crippen molar-refractivity contribution in [2.45, 2.75) is 25.8 Å². The number of rotatable bonds is 7. The van der Waals surface area contributed by atoms with Gasteiger partial charge in [0.05, 0.1) is 13.2 Å². The van der Waals surface area contributed by atoms with Crippen molar-refractivity contribution in [1.29, 1.82) is 0 Å². The highest BCUT2D eigenvalue weighted by Gasteiger charge is 2.34. The van der Waals surface area contributed by atoms with E-state index in [0.717, 1.165) is 25.8 Å². The summed E-state index contributed by atoms with van der Waals surface area (Å²) in [4.78, 5) is 14.2. The first-order chi connectivity index (χ1) is 11.1. The summed E-state index contributed by atoms with van der Waals surface area (Å²) >= 11 is 0. The van der Waals surface area contributed by atoms with E-state index < -0.39 is 0 Å². The molecular weight excluding hydrogens is 295 g/mol. The van der Waals surface area contributed by atoms with Crippen LogP contribution in [0.5, 0.6) is 0 Å². The van der Waals surface area contributed by atoms with Crippen LogP contribution in [0.1, 0.15) is 24.8 Å². The molecule has 4 nitrogen and oxygen atoms in total. The Morgan fingerprint density at radius 1 is 1.48 bits per heavy atom. The lowest BCUT2D eigenvalue weighted by atomic mass is 9.78. The van der Waals surface area contributed by atoms with Gasteiger partial charge in [0, 0.05) is 24.1 Å². The van der Waals surface area contributed by atoms with Crippen LogP contribution in [0.25, 0.3) is 0 Å². The van der Waals surface area contributed by atoms with E-state index in [1.807, 2.05) is 6.08 Å². The average Bonchev–Trinajstić information content (AvgIpc) is 2.55. The number of hydrogen-bond donors (Lipinski definition) is 2. The summed E-state index contributed by atoms with van der Waals surface area (Å²) in [7, 11) is 0. The van der Waals surface area contributed by atoms with Crippen LogP contribution in [-0.4, -0.2) is 42.2 Å². The number of nitrogens with zero attached hydrogens (tertiary/aromatic N) is 1. The van der Waals surface area contributed by atoms with E-state index in [9.17, 15) is 14.3 Å². The molecule has 0 aliphatic carbocycles. The molecule has 1 unspecified atom stereocenters. The van der Waals surface area contributed by atoms with Gasteiger partial charge in [-0.25, -0.2) is 4.39 Å². The fourth-order valence-electron chi connectivity index (χ4n) is 3.21. The number of aliphatic hydroxyl groups excluding tert-OH is 1. The first-order valence-electron chi connectivity index (χ1n) is 8.03. The fraction of sp³-hybridized carbons (Fsp3) is 0.500. The minimum Gasteiger partial charge on any atom is -0.396 e. The van der Waals surface area contributed by atoms with Gasteiger partial charge in [-0.1, -0.05) is 24.3 Å². The summed E-state index contributed by atoms with van der Waals surface area (Å²) in [5.74, 6) is -0.434. The molecule has 126 valence electrons. The second kappa shape index (κ2) is 8.22. The zero-order valence-corrected chi connectivity index (χ0v) is 13.4. The Labute approximate surface area is 137 Å². The summed E-state index contributed by atoms with van der Waals surface area (Å²) in [5.41, 5.74) is 0.294. The number of likely N-dealkylation sites (tertiary alicyclic amines) is 1. The lowest BCUT2D eigenvalue weighted by Crippen LogP contribution is -2.48. The zero-order valence-electron chi connectivity index (χ0n) is 13.4. The third-order valence-electron chi connectivity index (χ3n) is 4.45. The van der Waals surface area contributed by atoms with E-state index in [1.165, 1.54) is 6.07 Å². The molecule has 1 heterocycles. The summed E-state index contributed by atoms with van der Waals surface area (Å²) in [6.07, 6.45) is 4.48. The van der Waals surface area contributed by atoms with Crippen LogP contribution in [-0.2, 0) is 11.3 Å². The maximum Gasteiger partial charge on any atom is 0.234 e. The highest BCUT2D eigenvalue weighted by atomic mass is 19.1. The highest BCUT2D eigenvalue weighted by molar-refractivity contribution is 5.78. The molecule has 1 aromatic carbocycles. The molecule has 0 spiro atoms. The van der Waals surface area contributed by atoms with E-state index in [2.05, 4.69) is 16.8 Å². The summed E-state index contributed by atoms with van der Waals surface area (Å²) < 4.78 is 13.5. The SMILES string of the molecule is C=CCC1(CO)CCCN(CC(=O)NCc2ccccc2F)C1. The van der Waals surface area contributed by atoms with Gasteiger partial charge >= 0.3 is 0 Å². The van der Waals surface area contributed by atoms with Gasteiger partial charge in [0.1, 0.15) is 5.82 Å². The van der Waals surface area contributed by atoms with Crippen molar-refractivity contribution < 1.29 is 14.3 Å². The molecule has 1 saturated heterocycles. The Bertz CT molecular complexity index is 550. The Balaban J connectivity index is 1.85. The molecule has 0 bridgehead atoms. The first kappa shape index (κ1) is 17.6. The molecule has 1 aromatic rings. The van der Waals surface area contributed by atoms with Gasteiger partial charge < -0.3 is 10.4 Å². The largest absolute Gasteiger partial charge is 0.396 e. The molecule has 5 heteroatoms. The van der Waals surface area contributed by atoms with E-state index in [-0.39, 0.29) is 36.8 Å². The molecular formula is C18H25FN2O2. The maximum atomic E-state index is 13.5. The van der Waals surface area contributed by atoms with Crippen LogP contribution in [0.4, 0.5) is 4.39 Å². The Morgan fingerprint density at radius 3 is 2.96 bits per heavy atom. The van der Waals surface area contributed by atoms with Crippen molar-refractivity contribution in [3.05, 3.63) is 48.3 Å². The predicted octanol–water partition coefficient (Wildman–Crippen LogP) is 2.09. The van der Waals surface area contributed by atoms with Crippen molar-refractivity contribution >= 4 is 5.91 Å². The van der Waals surface area contributed by atoms with Gasteiger partial charge in [0.2, 0.25) is 5.91 Å². The van der Waals surface area contributed by atoms with Crippen molar-refractivity contribution in [3.8, 4) is 0 Å². The van der Waals surface area contributed by atoms with Crippen molar-refractivity contribution in [1.82, 2.24) is 10.2 Å². The molecule has 1 fully saturated rings. The van der Waals surface area contributed by atoms with E-state index in [0.29, 0.717) is 12.1 Å². The van der Waals surface area contributed by atoms with Crippen LogP contribution in [0.15, 0.2) is 36.9 Å². The monoisotopic (exact) mass is 320 g/mol. The van der Waals surface area contributed by atoms with E-state index in [4.69, 9.17) is 0 Å². The minimum atomic E-state index is -0.309. The normalized spacial score (nSPS) is 21.8. The standard InChI is InChI=1S/C18H25FN2O2/c1-2-8-18(14-22)9-5-10-21(13-18)12-17(23)20-11-15-6-3-4-7-16(15)19/h2-4,6-7,22H,1,5,8-14H2,(H,20,23). The number of piperidine rings is 1. The van der Waals surface area contributed by atoms with Crippen LogP contribution in [0, 0.1) is 11.2 Å². The summed E-state index contributed by atoms with van der Waals surface area (Å²) in [5, 5.41) is 12.5. The number of halogens is 1. The lowest BCUT2D eigenvalue weighted by molar-refractivity contribution is -0.123. The molecule has 1 atom stereocenters. The number of nitrogens with one attached hydrogen (secondary N) is 1. The number of hydrogen-bond acceptors (Lipinski definition) is 3. The number of carbonyl (C=O) groups is 1. The number of amides is 1. The second-order valence-electron chi connectivity index (χ2n) is 6.33. The Kier molecular flexibility index (Phi) is 6.30. The lowest BCUT2D eigenvalue weighted by Gasteiger charge is -2.41. The molecule has 0 radical (unpaired) electrons. The molecule has 2 rings (SSSR count). The number of allylic oxidation sites excluding steroid dienone is 1. The molecule has 23 heavy (non-hydrogen) atoms.